The number of nitro groups is 1. The number of nitrogens with zero attached hydrogens (tertiary/aromatic N) is 2. The molecule has 1 N–H and O–H groups in total. The van der Waals surface area contributed by atoms with E-state index in [2.05, 4.69) is 0 Å². The molecule has 1 aliphatic rings. The number of carbonyl (C=O) groups is 1. The highest BCUT2D eigenvalue weighted by atomic mass is 35.5. The average Bonchev–Trinajstić information content (AvgIpc) is 2.42. The number of carboxylic acid groups (broad SMARTS) is 1. The number of rotatable bonds is 4. The molecule has 0 bridgehead atoms. The zero-order valence-corrected chi connectivity index (χ0v) is 12.5. The predicted octanol–water partition coefficient (Wildman–Crippen LogP) is 3.08. The van der Waals surface area contributed by atoms with Crippen molar-refractivity contribution in [2.75, 3.05) is 6.54 Å². The summed E-state index contributed by atoms with van der Waals surface area (Å²) in [5, 5.41) is 20.9. The maximum absolute atomic E-state index is 11.6. The first kappa shape index (κ1) is 15.7. The van der Waals surface area contributed by atoms with Crippen LogP contribution in [0.1, 0.15) is 31.7 Å². The van der Waals surface area contributed by atoms with Crippen LogP contribution in [0.3, 0.4) is 0 Å². The SMILES string of the molecule is CC1(C(=O)O)CCCCN1Cc1ccc(Cl)cc1[N+](=O)[O-]. The van der Waals surface area contributed by atoms with E-state index >= 15 is 0 Å². The van der Waals surface area contributed by atoms with Gasteiger partial charge in [0.05, 0.1) is 4.92 Å². The largest absolute Gasteiger partial charge is 0.480 e. The van der Waals surface area contributed by atoms with E-state index in [0.29, 0.717) is 23.6 Å². The van der Waals surface area contributed by atoms with Crippen LogP contribution in [0.25, 0.3) is 0 Å². The molecule has 1 aliphatic heterocycles. The van der Waals surface area contributed by atoms with Crippen molar-refractivity contribution in [1.82, 2.24) is 4.90 Å². The van der Waals surface area contributed by atoms with Gasteiger partial charge in [-0.1, -0.05) is 11.6 Å². The maximum atomic E-state index is 11.6. The van der Waals surface area contributed by atoms with Crippen molar-refractivity contribution >= 4 is 23.3 Å². The molecule has 0 aliphatic carbocycles. The monoisotopic (exact) mass is 312 g/mol. The first-order chi connectivity index (χ1) is 9.84. The molecule has 7 heteroatoms. The van der Waals surface area contributed by atoms with E-state index < -0.39 is 16.4 Å². The summed E-state index contributed by atoms with van der Waals surface area (Å²) < 4.78 is 0. The molecule has 0 spiro atoms. The van der Waals surface area contributed by atoms with Crippen LogP contribution in [0, 0.1) is 10.1 Å². The quantitative estimate of drug-likeness (QED) is 0.682. The van der Waals surface area contributed by atoms with Gasteiger partial charge in [0.2, 0.25) is 0 Å². The minimum atomic E-state index is -0.980. The molecule has 0 amide bonds. The Kier molecular flexibility index (Phi) is 4.49. The summed E-state index contributed by atoms with van der Waals surface area (Å²) in [4.78, 5) is 24.0. The van der Waals surface area contributed by atoms with Gasteiger partial charge in [0.15, 0.2) is 0 Å². The van der Waals surface area contributed by atoms with Crippen molar-refractivity contribution in [3.8, 4) is 0 Å². The lowest BCUT2D eigenvalue weighted by Crippen LogP contribution is -2.54. The lowest BCUT2D eigenvalue weighted by Gasteiger charge is -2.41. The normalized spacial score (nSPS) is 23.0. The van der Waals surface area contributed by atoms with Crippen molar-refractivity contribution in [1.29, 1.82) is 0 Å². The van der Waals surface area contributed by atoms with Crippen LogP contribution in [0.2, 0.25) is 5.02 Å². The zero-order chi connectivity index (χ0) is 15.6. The number of hydrogen-bond acceptors (Lipinski definition) is 4. The van der Waals surface area contributed by atoms with Crippen LogP contribution < -0.4 is 0 Å². The highest BCUT2D eigenvalue weighted by Gasteiger charge is 2.41. The minimum Gasteiger partial charge on any atom is -0.480 e. The smallest absolute Gasteiger partial charge is 0.323 e. The second kappa shape index (κ2) is 5.99. The number of benzene rings is 1. The van der Waals surface area contributed by atoms with Gasteiger partial charge >= 0.3 is 5.97 Å². The fourth-order valence-corrected chi connectivity index (χ4v) is 2.89. The molecule has 1 atom stereocenters. The molecule has 1 heterocycles. The van der Waals surface area contributed by atoms with Crippen molar-refractivity contribution in [2.45, 2.75) is 38.3 Å². The van der Waals surface area contributed by atoms with Gasteiger partial charge in [-0.3, -0.25) is 19.8 Å². The summed E-state index contributed by atoms with van der Waals surface area (Å²) >= 11 is 5.80. The molecule has 2 rings (SSSR count). The molecule has 0 saturated carbocycles. The molecule has 1 fully saturated rings. The van der Waals surface area contributed by atoms with Gasteiger partial charge in [-0.05, 0) is 44.9 Å². The molecule has 0 radical (unpaired) electrons. The summed E-state index contributed by atoms with van der Waals surface area (Å²) in [6, 6.07) is 4.49. The minimum absolute atomic E-state index is 0.0687. The van der Waals surface area contributed by atoms with Crippen molar-refractivity contribution < 1.29 is 14.8 Å². The third-order valence-corrected chi connectivity index (χ3v) is 4.34. The maximum Gasteiger partial charge on any atom is 0.323 e. The van der Waals surface area contributed by atoms with Gasteiger partial charge in [-0.15, -0.1) is 0 Å². The first-order valence-electron chi connectivity index (χ1n) is 6.76. The van der Waals surface area contributed by atoms with E-state index in [1.54, 1.807) is 24.0 Å². The topological polar surface area (TPSA) is 83.7 Å². The molecular formula is C14H17ClN2O4. The van der Waals surface area contributed by atoms with Gasteiger partial charge in [0.1, 0.15) is 5.54 Å². The summed E-state index contributed by atoms with van der Waals surface area (Å²) in [7, 11) is 0. The van der Waals surface area contributed by atoms with Gasteiger partial charge in [0, 0.05) is 23.2 Å². The Bertz CT molecular complexity index is 578. The predicted molar refractivity (Wildman–Crippen MR) is 78.4 cm³/mol. The summed E-state index contributed by atoms with van der Waals surface area (Å²) in [5.74, 6) is -0.890. The van der Waals surface area contributed by atoms with Crippen LogP contribution in [-0.2, 0) is 11.3 Å². The zero-order valence-electron chi connectivity index (χ0n) is 11.7. The number of likely N-dealkylation sites (tertiary alicyclic amines) is 1. The van der Waals surface area contributed by atoms with E-state index in [-0.39, 0.29) is 12.2 Å². The van der Waals surface area contributed by atoms with Gasteiger partial charge in [-0.25, -0.2) is 0 Å². The third-order valence-electron chi connectivity index (χ3n) is 4.11. The molecule has 6 nitrogen and oxygen atoms in total. The van der Waals surface area contributed by atoms with Gasteiger partial charge < -0.3 is 5.11 Å². The number of carboxylic acids is 1. The van der Waals surface area contributed by atoms with Crippen molar-refractivity contribution in [3.05, 3.63) is 38.9 Å². The summed E-state index contributed by atoms with van der Waals surface area (Å²) in [6.07, 6.45) is 2.29. The molecular weight excluding hydrogens is 296 g/mol. The summed E-state index contributed by atoms with van der Waals surface area (Å²) in [5.41, 5.74) is -0.564. The van der Waals surface area contributed by atoms with E-state index in [1.165, 1.54) is 6.07 Å². The van der Waals surface area contributed by atoms with E-state index in [1.807, 2.05) is 0 Å². The first-order valence-corrected chi connectivity index (χ1v) is 7.13. The molecule has 114 valence electrons. The van der Waals surface area contributed by atoms with Crippen LogP contribution >= 0.6 is 11.6 Å². The Morgan fingerprint density at radius 2 is 2.24 bits per heavy atom. The van der Waals surface area contributed by atoms with Gasteiger partial charge in [-0.2, -0.15) is 0 Å². The second-order valence-corrected chi connectivity index (χ2v) is 5.92. The van der Waals surface area contributed by atoms with E-state index in [0.717, 1.165) is 12.8 Å². The fourth-order valence-electron chi connectivity index (χ4n) is 2.72. The Balaban J connectivity index is 2.32. The third kappa shape index (κ3) is 3.16. The molecule has 1 aromatic carbocycles. The summed E-state index contributed by atoms with van der Waals surface area (Å²) in [6.45, 7) is 2.52. The Morgan fingerprint density at radius 3 is 2.86 bits per heavy atom. The van der Waals surface area contributed by atoms with Crippen LogP contribution in [-0.4, -0.2) is 33.0 Å². The standard InChI is InChI=1S/C14H17ClN2O4/c1-14(13(18)19)6-2-3-7-16(14)9-10-4-5-11(15)8-12(10)17(20)21/h4-5,8H,2-3,6-7,9H2,1H3,(H,18,19). The molecule has 21 heavy (non-hydrogen) atoms. The van der Waals surface area contributed by atoms with Crippen molar-refractivity contribution in [3.63, 3.8) is 0 Å². The highest BCUT2D eigenvalue weighted by molar-refractivity contribution is 6.30. The fraction of sp³-hybridized carbons (Fsp3) is 0.500. The average molecular weight is 313 g/mol. The van der Waals surface area contributed by atoms with Crippen LogP contribution in [0.15, 0.2) is 18.2 Å². The van der Waals surface area contributed by atoms with Crippen molar-refractivity contribution in [2.24, 2.45) is 0 Å². The second-order valence-electron chi connectivity index (χ2n) is 5.49. The molecule has 1 unspecified atom stereocenters. The number of halogens is 1. The van der Waals surface area contributed by atoms with E-state index in [4.69, 9.17) is 11.6 Å². The van der Waals surface area contributed by atoms with Crippen LogP contribution in [0.4, 0.5) is 5.69 Å². The van der Waals surface area contributed by atoms with Gasteiger partial charge in [0.25, 0.3) is 5.69 Å². The van der Waals surface area contributed by atoms with Crippen LogP contribution in [0.5, 0.6) is 0 Å². The Morgan fingerprint density at radius 1 is 1.52 bits per heavy atom. The number of nitro benzene ring substituents is 1. The molecule has 1 saturated heterocycles. The Labute approximate surface area is 127 Å². The molecule has 1 aromatic rings. The van der Waals surface area contributed by atoms with E-state index in [9.17, 15) is 20.0 Å². The highest BCUT2D eigenvalue weighted by Crippen LogP contribution is 2.32. The lowest BCUT2D eigenvalue weighted by atomic mass is 9.88. The number of piperidine rings is 1. The lowest BCUT2D eigenvalue weighted by molar-refractivity contribution is -0.385. The Hall–Kier alpha value is -1.66. The number of hydrogen-bond donors (Lipinski definition) is 1. The molecule has 0 aromatic heterocycles. The number of aliphatic carboxylic acids is 1.